The Bertz CT molecular complexity index is 568. The van der Waals surface area contributed by atoms with Gasteiger partial charge in [-0.2, -0.15) is 0 Å². The van der Waals surface area contributed by atoms with Crippen LogP contribution in [0.1, 0.15) is 42.5 Å². The molecule has 0 unspecified atom stereocenters. The lowest BCUT2D eigenvalue weighted by atomic mass is 9.96. The number of nitrogens with zero attached hydrogens (tertiary/aromatic N) is 1. The third kappa shape index (κ3) is 3.08. The first-order valence-corrected chi connectivity index (χ1v) is 7.93. The molecule has 0 spiro atoms. The van der Waals surface area contributed by atoms with Gasteiger partial charge in [-0.15, -0.1) is 0 Å². The van der Waals surface area contributed by atoms with Crippen LogP contribution in [0, 0.1) is 5.92 Å². The van der Waals surface area contributed by atoms with Crippen LogP contribution < -0.4 is 4.74 Å². The summed E-state index contributed by atoms with van der Waals surface area (Å²) in [6.45, 7) is 0.895. The first-order valence-electron chi connectivity index (χ1n) is 7.93. The Morgan fingerprint density at radius 1 is 1.14 bits per heavy atom. The number of carboxylic acids is 1. The lowest BCUT2D eigenvalue weighted by molar-refractivity contribution is -0.143. The second kappa shape index (κ2) is 6.38. The molecular formula is C17H21NO4. The van der Waals surface area contributed by atoms with Crippen molar-refractivity contribution in [1.29, 1.82) is 0 Å². The van der Waals surface area contributed by atoms with Crippen molar-refractivity contribution in [2.75, 3.05) is 13.1 Å². The van der Waals surface area contributed by atoms with Gasteiger partial charge in [-0.3, -0.25) is 9.59 Å². The molecule has 1 amide bonds. The fourth-order valence-corrected chi connectivity index (χ4v) is 2.95. The monoisotopic (exact) mass is 303 g/mol. The molecule has 1 aromatic rings. The standard InChI is InChI=1S/C17H21NO4/c19-16(18-10-4-5-12(11-18)17(20)21)14-8-1-2-9-15(14)22-13-6-3-7-13/h1-2,8-9,12-13H,3-7,10-11H2,(H,20,21)/t12-/m1/s1. The van der Waals surface area contributed by atoms with E-state index in [1.54, 1.807) is 11.0 Å². The Morgan fingerprint density at radius 2 is 1.91 bits per heavy atom. The van der Waals surface area contributed by atoms with Crippen molar-refractivity contribution < 1.29 is 19.4 Å². The van der Waals surface area contributed by atoms with Crippen molar-refractivity contribution in [3.63, 3.8) is 0 Å². The van der Waals surface area contributed by atoms with Crippen LogP contribution in [0.5, 0.6) is 5.75 Å². The van der Waals surface area contributed by atoms with Crippen molar-refractivity contribution in [2.45, 2.75) is 38.2 Å². The summed E-state index contributed by atoms with van der Waals surface area (Å²) in [7, 11) is 0. The molecule has 22 heavy (non-hydrogen) atoms. The zero-order valence-corrected chi connectivity index (χ0v) is 12.5. The zero-order chi connectivity index (χ0) is 15.5. The molecule has 1 aliphatic carbocycles. The van der Waals surface area contributed by atoms with Gasteiger partial charge in [0, 0.05) is 13.1 Å². The van der Waals surface area contributed by atoms with Gasteiger partial charge in [0.25, 0.3) is 5.91 Å². The topological polar surface area (TPSA) is 66.8 Å². The maximum Gasteiger partial charge on any atom is 0.308 e. The number of piperidine rings is 1. The molecule has 5 nitrogen and oxygen atoms in total. The van der Waals surface area contributed by atoms with E-state index in [-0.39, 0.29) is 18.6 Å². The Balaban J connectivity index is 1.75. The Kier molecular flexibility index (Phi) is 4.32. The number of aliphatic carboxylic acids is 1. The van der Waals surface area contributed by atoms with E-state index in [0.29, 0.717) is 24.3 Å². The predicted octanol–water partition coefficient (Wildman–Crippen LogP) is 2.55. The van der Waals surface area contributed by atoms with Crippen LogP contribution in [0.4, 0.5) is 0 Å². The molecule has 1 aliphatic heterocycles. The molecule has 1 aromatic carbocycles. The minimum Gasteiger partial charge on any atom is -0.490 e. The lowest BCUT2D eigenvalue weighted by Gasteiger charge is -2.32. The highest BCUT2D eigenvalue weighted by atomic mass is 16.5. The van der Waals surface area contributed by atoms with E-state index < -0.39 is 11.9 Å². The van der Waals surface area contributed by atoms with E-state index in [0.717, 1.165) is 19.3 Å². The van der Waals surface area contributed by atoms with Crippen LogP contribution in [0.25, 0.3) is 0 Å². The van der Waals surface area contributed by atoms with E-state index in [1.807, 2.05) is 18.2 Å². The van der Waals surface area contributed by atoms with E-state index in [9.17, 15) is 9.59 Å². The van der Waals surface area contributed by atoms with Gasteiger partial charge in [0.1, 0.15) is 5.75 Å². The third-order valence-corrected chi connectivity index (χ3v) is 4.52. The second-order valence-corrected chi connectivity index (χ2v) is 6.10. The third-order valence-electron chi connectivity index (χ3n) is 4.52. The normalized spacial score (nSPS) is 22.0. The molecule has 0 aromatic heterocycles. The number of likely N-dealkylation sites (tertiary alicyclic amines) is 1. The van der Waals surface area contributed by atoms with Gasteiger partial charge in [0.15, 0.2) is 0 Å². The number of hydrogen-bond acceptors (Lipinski definition) is 3. The number of carbonyl (C=O) groups is 2. The molecule has 3 rings (SSSR count). The summed E-state index contributed by atoms with van der Waals surface area (Å²) in [5.41, 5.74) is 0.542. The number of para-hydroxylation sites is 1. The quantitative estimate of drug-likeness (QED) is 0.928. The highest BCUT2D eigenvalue weighted by Crippen LogP contribution is 2.29. The first kappa shape index (κ1) is 14.9. The molecule has 0 radical (unpaired) electrons. The molecule has 0 bridgehead atoms. The maximum atomic E-state index is 12.7. The molecule has 1 atom stereocenters. The average Bonchev–Trinajstić information content (AvgIpc) is 2.50. The molecule has 118 valence electrons. The molecule has 2 fully saturated rings. The molecule has 5 heteroatoms. The predicted molar refractivity (Wildman–Crippen MR) is 81.0 cm³/mol. The van der Waals surface area contributed by atoms with Crippen LogP contribution in [-0.2, 0) is 4.79 Å². The van der Waals surface area contributed by atoms with Gasteiger partial charge < -0.3 is 14.7 Å². The van der Waals surface area contributed by atoms with Crippen LogP contribution in [0.2, 0.25) is 0 Å². The van der Waals surface area contributed by atoms with Gasteiger partial charge in [0.05, 0.1) is 17.6 Å². The van der Waals surface area contributed by atoms with E-state index in [4.69, 9.17) is 9.84 Å². The number of carboxylic acid groups (broad SMARTS) is 1. The number of carbonyl (C=O) groups excluding carboxylic acids is 1. The number of ether oxygens (including phenoxy) is 1. The summed E-state index contributed by atoms with van der Waals surface area (Å²) in [4.78, 5) is 25.5. The fraction of sp³-hybridized carbons (Fsp3) is 0.529. The van der Waals surface area contributed by atoms with Crippen molar-refractivity contribution in [3.8, 4) is 5.75 Å². The van der Waals surface area contributed by atoms with Crippen molar-refractivity contribution >= 4 is 11.9 Å². The average molecular weight is 303 g/mol. The highest BCUT2D eigenvalue weighted by Gasteiger charge is 2.30. The van der Waals surface area contributed by atoms with Gasteiger partial charge in [-0.1, -0.05) is 12.1 Å². The number of rotatable bonds is 4. The smallest absolute Gasteiger partial charge is 0.308 e. The summed E-state index contributed by atoms with van der Waals surface area (Å²) in [5, 5.41) is 9.16. The van der Waals surface area contributed by atoms with Gasteiger partial charge in [-0.05, 0) is 44.2 Å². The number of amides is 1. The molecule has 1 N–H and O–H groups in total. The number of benzene rings is 1. The largest absolute Gasteiger partial charge is 0.490 e. The van der Waals surface area contributed by atoms with Gasteiger partial charge >= 0.3 is 5.97 Å². The molecule has 1 heterocycles. The van der Waals surface area contributed by atoms with E-state index in [2.05, 4.69) is 0 Å². The zero-order valence-electron chi connectivity index (χ0n) is 12.5. The van der Waals surface area contributed by atoms with E-state index in [1.165, 1.54) is 6.42 Å². The summed E-state index contributed by atoms with van der Waals surface area (Å²) in [6.07, 6.45) is 4.82. The SMILES string of the molecule is O=C(O)[C@@H]1CCCN(C(=O)c2ccccc2OC2CCC2)C1. The molecule has 2 aliphatic rings. The van der Waals surface area contributed by atoms with Gasteiger partial charge in [-0.25, -0.2) is 0 Å². The van der Waals surface area contributed by atoms with E-state index >= 15 is 0 Å². The minimum atomic E-state index is -0.823. The van der Waals surface area contributed by atoms with Gasteiger partial charge in [0.2, 0.25) is 0 Å². The van der Waals surface area contributed by atoms with Crippen LogP contribution in [0.15, 0.2) is 24.3 Å². The summed E-state index contributed by atoms with van der Waals surface area (Å²) >= 11 is 0. The highest BCUT2D eigenvalue weighted by molar-refractivity contribution is 5.97. The minimum absolute atomic E-state index is 0.124. The molecule has 1 saturated heterocycles. The Labute approximate surface area is 129 Å². The summed E-state index contributed by atoms with van der Waals surface area (Å²) in [5.74, 6) is -0.788. The van der Waals surface area contributed by atoms with Crippen molar-refractivity contribution in [3.05, 3.63) is 29.8 Å². The first-order chi connectivity index (χ1) is 10.6. The van der Waals surface area contributed by atoms with Crippen LogP contribution in [0.3, 0.4) is 0 Å². The Hall–Kier alpha value is -2.04. The molecular weight excluding hydrogens is 282 g/mol. The summed E-state index contributed by atoms with van der Waals surface area (Å²) < 4.78 is 5.90. The van der Waals surface area contributed by atoms with Crippen LogP contribution in [-0.4, -0.2) is 41.1 Å². The Morgan fingerprint density at radius 3 is 2.59 bits per heavy atom. The fourth-order valence-electron chi connectivity index (χ4n) is 2.95. The van der Waals surface area contributed by atoms with Crippen LogP contribution >= 0.6 is 0 Å². The van der Waals surface area contributed by atoms with Crippen molar-refractivity contribution in [1.82, 2.24) is 4.90 Å². The molecule has 1 saturated carbocycles. The second-order valence-electron chi connectivity index (χ2n) is 6.10. The lowest BCUT2D eigenvalue weighted by Crippen LogP contribution is -2.42. The van der Waals surface area contributed by atoms with Crippen molar-refractivity contribution in [2.24, 2.45) is 5.92 Å². The maximum absolute atomic E-state index is 12.7. The summed E-state index contributed by atoms with van der Waals surface area (Å²) in [6, 6.07) is 7.27. The number of hydrogen-bond donors (Lipinski definition) is 1.